The van der Waals surface area contributed by atoms with Crippen LogP contribution in [-0.4, -0.2) is 4.57 Å². The van der Waals surface area contributed by atoms with E-state index in [1.54, 1.807) is 0 Å². The standard InChI is InChI=1S/C48H30N2OS/c1-2-10-33(11-3-1)50-43-15-7-4-12-37(43)38-26-23-35(29-44(38)50)49(36-24-27-42-41-14-6-9-17-47(41)52-48(42)30-36)34-21-18-31(19-22-34)32-20-25-40-39-13-5-8-16-45(39)51-46(40)28-32/h1-30H. The van der Waals surface area contributed by atoms with Crippen molar-refractivity contribution in [1.82, 2.24) is 4.57 Å². The third kappa shape index (κ3) is 4.51. The Kier molecular flexibility index (Phi) is 6.42. The molecule has 3 aromatic heterocycles. The molecule has 0 atom stereocenters. The molecule has 244 valence electrons. The lowest BCUT2D eigenvalue weighted by molar-refractivity contribution is 0.669. The molecule has 0 aliphatic heterocycles. The normalized spacial score (nSPS) is 11.8. The third-order valence-corrected chi connectivity index (χ3v) is 11.5. The van der Waals surface area contributed by atoms with E-state index in [1.165, 1.54) is 42.0 Å². The van der Waals surface area contributed by atoms with Crippen molar-refractivity contribution in [3.8, 4) is 16.8 Å². The summed E-state index contributed by atoms with van der Waals surface area (Å²) >= 11 is 1.85. The molecule has 0 amide bonds. The van der Waals surface area contributed by atoms with Crippen LogP contribution in [0.5, 0.6) is 0 Å². The Bertz CT molecular complexity index is 3130. The van der Waals surface area contributed by atoms with Crippen LogP contribution >= 0.6 is 11.3 Å². The Morgan fingerprint density at radius 1 is 0.385 bits per heavy atom. The van der Waals surface area contributed by atoms with E-state index in [-0.39, 0.29) is 0 Å². The number of thiophene rings is 1. The predicted octanol–water partition coefficient (Wildman–Crippen LogP) is 14.2. The highest BCUT2D eigenvalue weighted by Gasteiger charge is 2.19. The van der Waals surface area contributed by atoms with Crippen LogP contribution in [0.25, 0.3) is 80.7 Å². The van der Waals surface area contributed by atoms with E-state index in [4.69, 9.17) is 4.42 Å². The average Bonchev–Trinajstić information content (AvgIpc) is 3.87. The molecule has 0 fully saturated rings. The Morgan fingerprint density at radius 2 is 0.981 bits per heavy atom. The van der Waals surface area contributed by atoms with Crippen molar-refractivity contribution >= 4 is 92.3 Å². The summed E-state index contributed by atoms with van der Waals surface area (Å²) in [4.78, 5) is 2.39. The van der Waals surface area contributed by atoms with Gasteiger partial charge >= 0.3 is 0 Å². The number of furan rings is 1. The fraction of sp³-hybridized carbons (Fsp3) is 0. The third-order valence-electron chi connectivity index (χ3n) is 10.4. The van der Waals surface area contributed by atoms with Crippen molar-refractivity contribution in [2.24, 2.45) is 0 Å². The van der Waals surface area contributed by atoms with Crippen molar-refractivity contribution in [3.05, 3.63) is 182 Å². The molecule has 0 bridgehead atoms. The Balaban J connectivity index is 1.09. The maximum absolute atomic E-state index is 6.24. The highest BCUT2D eigenvalue weighted by molar-refractivity contribution is 7.25. The van der Waals surface area contributed by atoms with Gasteiger partial charge in [0.15, 0.2) is 0 Å². The second-order valence-electron chi connectivity index (χ2n) is 13.4. The van der Waals surface area contributed by atoms with Gasteiger partial charge in [-0.25, -0.2) is 0 Å². The quantitative estimate of drug-likeness (QED) is 0.180. The number of benzene rings is 8. The molecule has 52 heavy (non-hydrogen) atoms. The lowest BCUT2D eigenvalue weighted by Crippen LogP contribution is -2.10. The van der Waals surface area contributed by atoms with E-state index in [9.17, 15) is 0 Å². The summed E-state index contributed by atoms with van der Waals surface area (Å²) < 4.78 is 11.2. The number of para-hydroxylation sites is 3. The zero-order chi connectivity index (χ0) is 34.2. The number of rotatable bonds is 5. The zero-order valence-electron chi connectivity index (χ0n) is 28.0. The summed E-state index contributed by atoms with van der Waals surface area (Å²) in [6, 6.07) is 65.6. The number of aromatic nitrogens is 1. The number of hydrogen-bond acceptors (Lipinski definition) is 3. The van der Waals surface area contributed by atoms with Crippen molar-refractivity contribution in [1.29, 1.82) is 0 Å². The fourth-order valence-electron chi connectivity index (χ4n) is 7.96. The number of anilines is 3. The van der Waals surface area contributed by atoms with Crippen LogP contribution in [0, 0.1) is 0 Å². The molecule has 0 saturated carbocycles. The van der Waals surface area contributed by atoms with Gasteiger partial charge in [0.25, 0.3) is 0 Å². The zero-order valence-corrected chi connectivity index (χ0v) is 28.8. The fourth-order valence-corrected chi connectivity index (χ4v) is 9.10. The molecule has 0 unspecified atom stereocenters. The number of nitrogens with zero attached hydrogens (tertiary/aromatic N) is 2. The van der Waals surface area contributed by atoms with Crippen LogP contribution in [0.1, 0.15) is 0 Å². The highest BCUT2D eigenvalue weighted by atomic mass is 32.1. The van der Waals surface area contributed by atoms with Gasteiger partial charge in [-0.3, -0.25) is 0 Å². The van der Waals surface area contributed by atoms with Gasteiger partial charge in [-0.15, -0.1) is 11.3 Å². The smallest absolute Gasteiger partial charge is 0.136 e. The van der Waals surface area contributed by atoms with E-state index >= 15 is 0 Å². The molecule has 0 aliphatic rings. The molecule has 0 aliphatic carbocycles. The minimum absolute atomic E-state index is 0.906. The summed E-state index contributed by atoms with van der Waals surface area (Å²) in [6.07, 6.45) is 0. The van der Waals surface area contributed by atoms with E-state index in [2.05, 4.69) is 179 Å². The van der Waals surface area contributed by atoms with Crippen LogP contribution in [-0.2, 0) is 0 Å². The van der Waals surface area contributed by atoms with Crippen LogP contribution in [0.4, 0.5) is 17.1 Å². The summed E-state index contributed by atoms with van der Waals surface area (Å²) in [5, 5.41) is 7.37. The van der Waals surface area contributed by atoms with Crippen molar-refractivity contribution in [3.63, 3.8) is 0 Å². The maximum Gasteiger partial charge on any atom is 0.136 e. The number of hydrogen-bond donors (Lipinski definition) is 0. The summed E-state index contributed by atoms with van der Waals surface area (Å²) in [5.74, 6) is 0. The maximum atomic E-state index is 6.24. The average molecular weight is 683 g/mol. The van der Waals surface area contributed by atoms with Crippen LogP contribution < -0.4 is 4.90 Å². The van der Waals surface area contributed by atoms with Crippen LogP contribution in [0.2, 0.25) is 0 Å². The minimum Gasteiger partial charge on any atom is -0.456 e. The molecular formula is C48H30N2OS. The SMILES string of the molecule is c1ccc(-n2c3ccccc3c3ccc(N(c4ccc(-c5ccc6c(c5)oc5ccccc56)cc4)c4ccc5c(c4)sc4ccccc45)cc32)cc1. The summed E-state index contributed by atoms with van der Waals surface area (Å²) in [6.45, 7) is 0. The van der Waals surface area contributed by atoms with E-state index in [0.717, 1.165) is 55.8 Å². The largest absolute Gasteiger partial charge is 0.456 e. The summed E-state index contributed by atoms with van der Waals surface area (Å²) in [7, 11) is 0. The van der Waals surface area contributed by atoms with Crippen LogP contribution in [0.3, 0.4) is 0 Å². The Labute approximate surface area is 303 Å². The van der Waals surface area contributed by atoms with Gasteiger partial charge in [0, 0.05) is 64.5 Å². The summed E-state index contributed by atoms with van der Waals surface area (Å²) in [5.41, 5.74) is 10.9. The van der Waals surface area contributed by atoms with Gasteiger partial charge in [0.1, 0.15) is 11.2 Å². The highest BCUT2D eigenvalue weighted by Crippen LogP contribution is 2.43. The molecule has 3 heterocycles. The van der Waals surface area contributed by atoms with Gasteiger partial charge in [0.2, 0.25) is 0 Å². The van der Waals surface area contributed by atoms with Crippen molar-refractivity contribution < 1.29 is 4.42 Å². The first-order chi connectivity index (χ1) is 25.8. The van der Waals surface area contributed by atoms with E-state index < -0.39 is 0 Å². The van der Waals surface area contributed by atoms with Gasteiger partial charge in [-0.1, -0.05) is 103 Å². The minimum atomic E-state index is 0.906. The Hall–Kier alpha value is -6.62. The molecule has 11 rings (SSSR count). The van der Waals surface area contributed by atoms with Gasteiger partial charge < -0.3 is 13.9 Å². The molecule has 4 heteroatoms. The van der Waals surface area contributed by atoms with Crippen LogP contribution in [0.15, 0.2) is 186 Å². The molecule has 0 N–H and O–H groups in total. The van der Waals surface area contributed by atoms with E-state index in [0.29, 0.717) is 0 Å². The lowest BCUT2D eigenvalue weighted by Gasteiger charge is -2.26. The van der Waals surface area contributed by atoms with Crippen molar-refractivity contribution in [2.75, 3.05) is 4.90 Å². The second kappa shape index (κ2) is 11.5. The first-order valence-electron chi connectivity index (χ1n) is 17.6. The van der Waals surface area contributed by atoms with E-state index in [1.807, 2.05) is 23.5 Å². The molecule has 8 aromatic carbocycles. The molecular weight excluding hydrogens is 653 g/mol. The first kappa shape index (κ1) is 29.1. The first-order valence-corrected chi connectivity index (χ1v) is 18.4. The molecule has 3 nitrogen and oxygen atoms in total. The lowest BCUT2D eigenvalue weighted by atomic mass is 10.0. The molecule has 0 saturated heterocycles. The topological polar surface area (TPSA) is 21.3 Å². The van der Waals surface area contributed by atoms with Gasteiger partial charge in [0.05, 0.1) is 11.0 Å². The molecule has 11 aromatic rings. The monoisotopic (exact) mass is 682 g/mol. The van der Waals surface area contributed by atoms with Gasteiger partial charge in [-0.2, -0.15) is 0 Å². The number of fused-ring (bicyclic) bond motifs is 9. The van der Waals surface area contributed by atoms with Gasteiger partial charge in [-0.05, 0) is 90.0 Å². The predicted molar refractivity (Wildman–Crippen MR) is 221 cm³/mol. The Morgan fingerprint density at radius 3 is 1.85 bits per heavy atom. The second-order valence-corrected chi connectivity index (χ2v) is 14.4. The van der Waals surface area contributed by atoms with Crippen molar-refractivity contribution in [2.45, 2.75) is 0 Å². The molecule has 0 radical (unpaired) electrons. The molecule has 0 spiro atoms.